The summed E-state index contributed by atoms with van der Waals surface area (Å²) in [5.74, 6) is -0.323. The first-order valence-corrected chi connectivity index (χ1v) is 11.0. The zero-order valence-electron chi connectivity index (χ0n) is 14.4. The molecule has 0 bridgehead atoms. The predicted molar refractivity (Wildman–Crippen MR) is 100 cm³/mol. The molecule has 1 aromatic heterocycles. The lowest BCUT2D eigenvalue weighted by Gasteiger charge is -2.22. The molecule has 1 N–H and O–H groups in total. The van der Waals surface area contributed by atoms with E-state index in [0.717, 1.165) is 28.4 Å². The smallest absolute Gasteiger partial charge is 0.208 e. The Morgan fingerprint density at radius 2 is 2.08 bits per heavy atom. The summed E-state index contributed by atoms with van der Waals surface area (Å²) in [5, 5.41) is 10.1. The minimum atomic E-state index is -3.31. The van der Waals surface area contributed by atoms with Crippen molar-refractivity contribution in [3.05, 3.63) is 57.8 Å². The summed E-state index contributed by atoms with van der Waals surface area (Å²) < 4.78 is 39.0. The zero-order valence-corrected chi connectivity index (χ0v) is 16.1. The van der Waals surface area contributed by atoms with Crippen LogP contribution >= 0.6 is 11.3 Å². The van der Waals surface area contributed by atoms with Gasteiger partial charge in [0.2, 0.25) is 10.0 Å². The van der Waals surface area contributed by atoms with E-state index in [-0.39, 0.29) is 18.3 Å². The molecule has 2 aromatic rings. The van der Waals surface area contributed by atoms with Gasteiger partial charge in [-0.2, -0.15) is 0 Å². The number of halogens is 1. The van der Waals surface area contributed by atoms with Gasteiger partial charge in [-0.15, -0.1) is 10.2 Å². The molecule has 2 heterocycles. The molecule has 1 aromatic carbocycles. The van der Waals surface area contributed by atoms with Gasteiger partial charge in [0.15, 0.2) is 0 Å². The molecular weight excluding hydrogens is 375 g/mol. The molecule has 26 heavy (non-hydrogen) atoms. The first-order valence-electron chi connectivity index (χ1n) is 8.29. The van der Waals surface area contributed by atoms with Crippen LogP contribution < -0.4 is 4.72 Å². The Bertz CT molecular complexity index is 868. The third-order valence-corrected chi connectivity index (χ3v) is 5.79. The Kier molecular flexibility index (Phi) is 6.13. The van der Waals surface area contributed by atoms with Crippen LogP contribution in [0.1, 0.15) is 27.9 Å². The number of aromatic nitrogens is 2. The van der Waals surface area contributed by atoms with Crippen molar-refractivity contribution in [1.29, 1.82) is 0 Å². The van der Waals surface area contributed by atoms with Crippen LogP contribution in [0.5, 0.6) is 0 Å². The summed E-state index contributed by atoms with van der Waals surface area (Å²) in [6, 6.07) is 9.62. The average molecular weight is 397 g/mol. The number of sulfonamides is 1. The van der Waals surface area contributed by atoms with Crippen LogP contribution in [-0.4, -0.2) is 49.4 Å². The van der Waals surface area contributed by atoms with E-state index in [0.29, 0.717) is 19.5 Å². The summed E-state index contributed by atoms with van der Waals surface area (Å²) in [6.07, 6.45) is 3.45. The van der Waals surface area contributed by atoms with E-state index in [2.05, 4.69) is 14.9 Å². The Balaban J connectivity index is 1.76. The second kappa shape index (κ2) is 8.34. The average Bonchev–Trinajstić information content (AvgIpc) is 3.03. The number of nitrogens with zero attached hydrogens (tertiary/aromatic N) is 3. The van der Waals surface area contributed by atoms with Crippen LogP contribution in [-0.2, 0) is 16.6 Å². The van der Waals surface area contributed by atoms with Crippen LogP contribution in [0.4, 0.5) is 4.39 Å². The molecule has 0 radical (unpaired) electrons. The molecular formula is C17H21FN4O2S2. The second-order valence-corrected chi connectivity index (χ2v) is 9.19. The van der Waals surface area contributed by atoms with Gasteiger partial charge in [0.05, 0.1) is 25.3 Å². The monoisotopic (exact) mass is 396 g/mol. The maximum atomic E-state index is 13.4. The Morgan fingerprint density at radius 1 is 1.31 bits per heavy atom. The standard InChI is InChI=1S/C17H21FN4O2S2/c1-26(23,24)19-10-15(13-6-3-2-4-7-13)17-21-20-16(25-17)12-22-9-5-8-14(18)11-22/h2-4,6-8,15,19H,5,9-12H2,1H3. The molecule has 0 saturated heterocycles. The molecule has 0 spiro atoms. The molecule has 0 fully saturated rings. The first-order chi connectivity index (χ1) is 12.4. The highest BCUT2D eigenvalue weighted by Gasteiger charge is 2.22. The van der Waals surface area contributed by atoms with Gasteiger partial charge >= 0.3 is 0 Å². The molecule has 1 atom stereocenters. The third kappa shape index (κ3) is 5.41. The van der Waals surface area contributed by atoms with E-state index in [4.69, 9.17) is 0 Å². The molecule has 0 saturated carbocycles. The van der Waals surface area contributed by atoms with Crippen molar-refractivity contribution in [2.75, 3.05) is 25.9 Å². The van der Waals surface area contributed by atoms with E-state index in [1.807, 2.05) is 35.2 Å². The van der Waals surface area contributed by atoms with Crippen LogP contribution in [0, 0.1) is 0 Å². The minimum absolute atomic E-state index is 0.111. The minimum Gasteiger partial charge on any atom is -0.290 e. The maximum Gasteiger partial charge on any atom is 0.208 e. The van der Waals surface area contributed by atoms with E-state index >= 15 is 0 Å². The van der Waals surface area contributed by atoms with Crippen LogP contribution in [0.25, 0.3) is 0 Å². The van der Waals surface area contributed by atoms with Crippen molar-refractivity contribution < 1.29 is 12.8 Å². The lowest BCUT2D eigenvalue weighted by Crippen LogP contribution is -2.28. The molecule has 3 rings (SSSR count). The highest BCUT2D eigenvalue weighted by molar-refractivity contribution is 7.88. The number of rotatable bonds is 7. The lowest BCUT2D eigenvalue weighted by molar-refractivity contribution is 0.258. The van der Waals surface area contributed by atoms with Gasteiger partial charge in [-0.05, 0) is 12.0 Å². The largest absolute Gasteiger partial charge is 0.290 e. The summed E-state index contributed by atoms with van der Waals surface area (Å²) in [4.78, 5) is 1.99. The van der Waals surface area contributed by atoms with Crippen LogP contribution in [0.15, 0.2) is 42.2 Å². The van der Waals surface area contributed by atoms with Crippen molar-refractivity contribution >= 4 is 21.4 Å². The SMILES string of the molecule is CS(=O)(=O)NCC(c1ccccc1)c1nnc(CN2CCC=C(F)C2)s1. The van der Waals surface area contributed by atoms with Crippen molar-refractivity contribution in [3.63, 3.8) is 0 Å². The fraction of sp³-hybridized carbons (Fsp3) is 0.412. The van der Waals surface area contributed by atoms with E-state index < -0.39 is 10.0 Å². The van der Waals surface area contributed by atoms with Crippen LogP contribution in [0.3, 0.4) is 0 Å². The van der Waals surface area contributed by atoms with E-state index in [1.54, 1.807) is 6.08 Å². The third-order valence-electron chi connectivity index (χ3n) is 4.08. The molecule has 9 heteroatoms. The van der Waals surface area contributed by atoms with Crippen molar-refractivity contribution in [2.45, 2.75) is 18.9 Å². The van der Waals surface area contributed by atoms with Gasteiger partial charge in [0, 0.05) is 13.1 Å². The summed E-state index contributed by atoms with van der Waals surface area (Å²) >= 11 is 1.44. The lowest BCUT2D eigenvalue weighted by atomic mass is 10.0. The molecule has 0 aliphatic carbocycles. The molecule has 1 aliphatic heterocycles. The Labute approximate surface area is 156 Å². The summed E-state index contributed by atoms with van der Waals surface area (Å²) in [7, 11) is -3.31. The van der Waals surface area contributed by atoms with E-state index in [9.17, 15) is 12.8 Å². The summed E-state index contributed by atoms with van der Waals surface area (Å²) in [5.41, 5.74) is 0.971. The molecule has 140 valence electrons. The Morgan fingerprint density at radius 3 is 2.77 bits per heavy atom. The summed E-state index contributed by atoms with van der Waals surface area (Å²) in [6.45, 7) is 1.85. The van der Waals surface area contributed by atoms with Gasteiger partial charge in [-0.1, -0.05) is 47.7 Å². The zero-order chi connectivity index (χ0) is 18.6. The highest BCUT2D eigenvalue weighted by atomic mass is 32.2. The van der Waals surface area contributed by atoms with Gasteiger partial charge in [-0.25, -0.2) is 17.5 Å². The van der Waals surface area contributed by atoms with Gasteiger partial charge in [0.25, 0.3) is 0 Å². The topological polar surface area (TPSA) is 75.2 Å². The molecule has 6 nitrogen and oxygen atoms in total. The molecule has 1 unspecified atom stereocenters. The number of hydrogen-bond acceptors (Lipinski definition) is 6. The van der Waals surface area contributed by atoms with Crippen molar-refractivity contribution in [3.8, 4) is 0 Å². The van der Waals surface area contributed by atoms with Crippen LogP contribution in [0.2, 0.25) is 0 Å². The second-order valence-electron chi connectivity index (χ2n) is 6.27. The normalized spacial score (nSPS) is 17.1. The van der Waals surface area contributed by atoms with Crippen molar-refractivity contribution in [2.24, 2.45) is 0 Å². The number of benzene rings is 1. The van der Waals surface area contributed by atoms with E-state index in [1.165, 1.54) is 11.3 Å². The Hall–Kier alpha value is -1.68. The first kappa shape index (κ1) is 19.1. The molecule has 0 amide bonds. The predicted octanol–water partition coefficient (Wildman–Crippen LogP) is 2.28. The van der Waals surface area contributed by atoms with Gasteiger partial charge in [-0.3, -0.25) is 4.90 Å². The number of nitrogens with one attached hydrogen (secondary N) is 1. The quantitative estimate of drug-likeness (QED) is 0.777. The fourth-order valence-electron chi connectivity index (χ4n) is 2.83. The fourth-order valence-corrected chi connectivity index (χ4v) is 4.31. The van der Waals surface area contributed by atoms with Crippen molar-refractivity contribution in [1.82, 2.24) is 19.8 Å². The number of hydrogen-bond donors (Lipinski definition) is 1. The van der Waals surface area contributed by atoms with Gasteiger partial charge < -0.3 is 0 Å². The molecule has 1 aliphatic rings. The maximum absolute atomic E-state index is 13.4. The highest BCUT2D eigenvalue weighted by Crippen LogP contribution is 2.28. The van der Waals surface area contributed by atoms with Gasteiger partial charge in [0.1, 0.15) is 15.8 Å².